The first kappa shape index (κ1) is 12.3. The highest BCUT2D eigenvalue weighted by Gasteiger charge is 2.42. The van der Waals surface area contributed by atoms with Crippen molar-refractivity contribution in [3.63, 3.8) is 0 Å². The van der Waals surface area contributed by atoms with Crippen LogP contribution in [0.2, 0.25) is 0 Å². The van der Waals surface area contributed by atoms with Gasteiger partial charge in [-0.3, -0.25) is 10.1 Å². The van der Waals surface area contributed by atoms with Gasteiger partial charge in [-0.25, -0.2) is 4.79 Å². The van der Waals surface area contributed by atoms with E-state index in [1.54, 1.807) is 0 Å². The third-order valence-electron chi connectivity index (χ3n) is 2.89. The van der Waals surface area contributed by atoms with Crippen LogP contribution in [0.25, 0.3) is 0 Å². The van der Waals surface area contributed by atoms with Crippen molar-refractivity contribution in [2.24, 2.45) is 0 Å². The summed E-state index contributed by atoms with van der Waals surface area (Å²) >= 11 is 0. The maximum Gasteiger partial charge on any atom is 0.331 e. The molecule has 7 heteroatoms. The number of nitro groups is 1. The zero-order valence-electron chi connectivity index (χ0n) is 9.46. The van der Waals surface area contributed by atoms with Crippen LogP contribution in [0.4, 0.5) is 11.4 Å². The Morgan fingerprint density at radius 1 is 1.44 bits per heavy atom. The van der Waals surface area contributed by atoms with E-state index in [1.807, 2.05) is 0 Å². The van der Waals surface area contributed by atoms with Gasteiger partial charge < -0.3 is 15.2 Å². The number of hydrogen-bond acceptors (Lipinski definition) is 5. The number of benzene rings is 1. The number of nitro benzene ring substituents is 1. The first-order valence-electron chi connectivity index (χ1n) is 5.37. The van der Waals surface area contributed by atoms with Crippen LogP contribution < -0.4 is 5.32 Å². The Morgan fingerprint density at radius 2 is 2.11 bits per heavy atom. The van der Waals surface area contributed by atoms with Crippen LogP contribution in [0, 0.1) is 10.1 Å². The maximum absolute atomic E-state index is 11.3. The van der Waals surface area contributed by atoms with Gasteiger partial charge in [0.15, 0.2) is 5.54 Å². The number of anilines is 1. The second-order valence-corrected chi connectivity index (χ2v) is 4.12. The third kappa shape index (κ3) is 2.25. The van der Waals surface area contributed by atoms with Crippen LogP contribution in [-0.4, -0.2) is 34.8 Å². The number of carbonyl (C=O) groups is 1. The number of hydrogen-bond donors (Lipinski definition) is 2. The van der Waals surface area contributed by atoms with E-state index in [2.05, 4.69) is 5.32 Å². The summed E-state index contributed by atoms with van der Waals surface area (Å²) in [5.41, 5.74) is -0.656. The number of aliphatic carboxylic acids is 1. The lowest BCUT2D eigenvalue weighted by Gasteiger charge is -2.24. The number of nitrogens with zero attached hydrogens (tertiary/aromatic N) is 1. The quantitative estimate of drug-likeness (QED) is 0.617. The molecule has 1 atom stereocenters. The van der Waals surface area contributed by atoms with E-state index in [0.717, 1.165) is 0 Å². The summed E-state index contributed by atoms with van der Waals surface area (Å²) in [6.45, 7) is 0.464. The molecule has 18 heavy (non-hydrogen) atoms. The second kappa shape index (κ2) is 4.61. The standard InChI is InChI=1S/C11H12N2O5/c14-10(15)11(5-6-18-7-11)12-8-1-3-9(4-2-8)13(16)17/h1-4,12H,5-7H2,(H,14,15). The van der Waals surface area contributed by atoms with Crippen molar-refractivity contribution >= 4 is 17.3 Å². The van der Waals surface area contributed by atoms with Gasteiger partial charge in [0, 0.05) is 30.8 Å². The highest BCUT2D eigenvalue weighted by molar-refractivity contribution is 5.83. The average Bonchev–Trinajstić information content (AvgIpc) is 2.79. The molecular weight excluding hydrogens is 240 g/mol. The Bertz CT molecular complexity index is 465. The number of carboxylic acids is 1. The molecule has 1 aliphatic heterocycles. The van der Waals surface area contributed by atoms with Crippen molar-refractivity contribution in [1.29, 1.82) is 0 Å². The molecule has 0 aliphatic carbocycles. The van der Waals surface area contributed by atoms with E-state index in [4.69, 9.17) is 4.74 Å². The molecule has 1 heterocycles. The van der Waals surface area contributed by atoms with Crippen molar-refractivity contribution in [2.75, 3.05) is 18.5 Å². The Balaban J connectivity index is 2.17. The summed E-state index contributed by atoms with van der Waals surface area (Å²) in [6, 6.07) is 5.63. The number of ether oxygens (including phenoxy) is 1. The zero-order valence-corrected chi connectivity index (χ0v) is 9.46. The van der Waals surface area contributed by atoms with Gasteiger partial charge in [0.1, 0.15) is 0 Å². The predicted octanol–water partition coefficient (Wildman–Crippen LogP) is 1.25. The SMILES string of the molecule is O=C(O)C1(Nc2ccc([N+](=O)[O-])cc2)CCOC1. The minimum absolute atomic E-state index is 0.0346. The Morgan fingerprint density at radius 3 is 2.56 bits per heavy atom. The summed E-state index contributed by atoms with van der Waals surface area (Å²) in [4.78, 5) is 21.2. The van der Waals surface area contributed by atoms with Gasteiger partial charge in [-0.1, -0.05) is 0 Å². The van der Waals surface area contributed by atoms with Gasteiger partial charge in [0.25, 0.3) is 5.69 Å². The number of carboxylic acid groups (broad SMARTS) is 1. The van der Waals surface area contributed by atoms with Gasteiger partial charge in [0.05, 0.1) is 11.5 Å². The largest absolute Gasteiger partial charge is 0.479 e. The highest BCUT2D eigenvalue weighted by Crippen LogP contribution is 2.26. The van der Waals surface area contributed by atoms with Gasteiger partial charge in [-0.05, 0) is 12.1 Å². The highest BCUT2D eigenvalue weighted by atomic mass is 16.6. The fourth-order valence-electron chi connectivity index (χ4n) is 1.83. The lowest BCUT2D eigenvalue weighted by Crippen LogP contribution is -2.46. The van der Waals surface area contributed by atoms with Crippen molar-refractivity contribution in [1.82, 2.24) is 0 Å². The van der Waals surface area contributed by atoms with E-state index in [0.29, 0.717) is 18.7 Å². The Labute approximate surface area is 103 Å². The van der Waals surface area contributed by atoms with Crippen molar-refractivity contribution in [2.45, 2.75) is 12.0 Å². The fraction of sp³-hybridized carbons (Fsp3) is 0.364. The van der Waals surface area contributed by atoms with E-state index in [-0.39, 0.29) is 12.3 Å². The second-order valence-electron chi connectivity index (χ2n) is 4.12. The monoisotopic (exact) mass is 252 g/mol. The molecule has 1 fully saturated rings. The van der Waals surface area contributed by atoms with E-state index in [1.165, 1.54) is 24.3 Å². The van der Waals surface area contributed by atoms with Gasteiger partial charge >= 0.3 is 5.97 Å². The van der Waals surface area contributed by atoms with Crippen molar-refractivity contribution < 1.29 is 19.6 Å². The Hall–Kier alpha value is -2.15. The minimum Gasteiger partial charge on any atom is -0.479 e. The van der Waals surface area contributed by atoms with Crippen LogP contribution in [0.3, 0.4) is 0 Å². The molecule has 96 valence electrons. The molecule has 1 aliphatic rings. The summed E-state index contributed by atoms with van der Waals surface area (Å²) in [5.74, 6) is -0.988. The van der Waals surface area contributed by atoms with Crippen molar-refractivity contribution in [3.05, 3.63) is 34.4 Å². The summed E-state index contributed by atoms with van der Waals surface area (Å²) in [7, 11) is 0. The Kier molecular flexibility index (Phi) is 3.15. The first-order chi connectivity index (χ1) is 8.53. The molecule has 2 rings (SSSR count). The van der Waals surface area contributed by atoms with Crippen LogP contribution in [0.5, 0.6) is 0 Å². The lowest BCUT2D eigenvalue weighted by atomic mass is 9.98. The predicted molar refractivity (Wildman–Crippen MR) is 62.5 cm³/mol. The number of nitrogens with one attached hydrogen (secondary N) is 1. The minimum atomic E-state index is -1.14. The van der Waals surface area contributed by atoms with Crippen LogP contribution in [0.1, 0.15) is 6.42 Å². The summed E-state index contributed by atoms with van der Waals surface area (Å²) < 4.78 is 5.10. The van der Waals surface area contributed by atoms with E-state index in [9.17, 15) is 20.0 Å². The molecule has 0 radical (unpaired) electrons. The number of non-ortho nitro benzene ring substituents is 1. The molecule has 0 amide bonds. The molecule has 0 saturated carbocycles. The smallest absolute Gasteiger partial charge is 0.331 e. The molecule has 1 saturated heterocycles. The van der Waals surface area contributed by atoms with E-state index >= 15 is 0 Å². The third-order valence-corrected chi connectivity index (χ3v) is 2.89. The summed E-state index contributed by atoms with van der Waals surface area (Å²) in [5, 5.41) is 22.6. The molecule has 0 aromatic heterocycles. The van der Waals surface area contributed by atoms with Gasteiger partial charge in [-0.2, -0.15) is 0 Å². The van der Waals surface area contributed by atoms with Crippen LogP contribution in [-0.2, 0) is 9.53 Å². The maximum atomic E-state index is 11.3. The topological polar surface area (TPSA) is 102 Å². The lowest BCUT2D eigenvalue weighted by molar-refractivity contribution is -0.384. The van der Waals surface area contributed by atoms with Crippen LogP contribution in [0.15, 0.2) is 24.3 Å². The zero-order chi connectivity index (χ0) is 13.2. The molecule has 1 aromatic carbocycles. The van der Waals surface area contributed by atoms with Gasteiger partial charge in [-0.15, -0.1) is 0 Å². The fourth-order valence-corrected chi connectivity index (χ4v) is 1.83. The molecule has 1 aromatic rings. The molecule has 0 spiro atoms. The van der Waals surface area contributed by atoms with E-state index < -0.39 is 16.4 Å². The average molecular weight is 252 g/mol. The molecule has 0 bridgehead atoms. The van der Waals surface area contributed by atoms with Gasteiger partial charge in [0.2, 0.25) is 0 Å². The number of rotatable bonds is 4. The normalized spacial score (nSPS) is 22.7. The molecular formula is C11H12N2O5. The van der Waals surface area contributed by atoms with Crippen molar-refractivity contribution in [3.8, 4) is 0 Å². The molecule has 7 nitrogen and oxygen atoms in total. The molecule has 2 N–H and O–H groups in total. The summed E-state index contributed by atoms with van der Waals surface area (Å²) in [6.07, 6.45) is 0.360. The molecule has 1 unspecified atom stereocenters. The van der Waals surface area contributed by atoms with Crippen LogP contribution >= 0.6 is 0 Å². The first-order valence-corrected chi connectivity index (χ1v) is 5.37.